The van der Waals surface area contributed by atoms with Crippen molar-refractivity contribution in [3.05, 3.63) is 80.5 Å². The van der Waals surface area contributed by atoms with Crippen molar-refractivity contribution in [3.63, 3.8) is 0 Å². The number of para-hydroxylation sites is 1. The molecule has 0 bridgehead atoms. The first-order valence-corrected chi connectivity index (χ1v) is 18.2. The quantitative estimate of drug-likeness (QED) is 0.132. The van der Waals surface area contributed by atoms with Crippen LogP contribution in [0.4, 0.5) is 25.8 Å². The highest BCUT2D eigenvalue weighted by atomic mass is 79.9. The van der Waals surface area contributed by atoms with Gasteiger partial charge in [-0.05, 0) is 107 Å². The summed E-state index contributed by atoms with van der Waals surface area (Å²) in [6.45, 7) is 2.80. The highest BCUT2D eigenvalue weighted by Crippen LogP contribution is 2.32. The first kappa shape index (κ1) is 35.5. The number of aromatic amines is 1. The summed E-state index contributed by atoms with van der Waals surface area (Å²) in [6, 6.07) is 16.1. The molecule has 13 nitrogen and oxygen atoms in total. The number of urea groups is 2. The Balaban J connectivity index is 1.15. The number of piperidine rings is 1. The molecule has 6 rings (SSSR count). The molecule has 3 aromatic carbocycles. The molecule has 1 saturated heterocycles. The molecule has 0 spiro atoms. The number of amides is 5. The number of carbonyl (C=O) groups excluding carboxylic acids is 3. The van der Waals surface area contributed by atoms with E-state index in [-0.39, 0.29) is 18.1 Å². The van der Waals surface area contributed by atoms with Gasteiger partial charge >= 0.3 is 18.2 Å². The third-order valence-corrected chi connectivity index (χ3v) is 10.4. The van der Waals surface area contributed by atoms with E-state index in [9.17, 15) is 14.4 Å². The number of nitrogens with zero attached hydrogens (tertiary/aromatic N) is 4. The summed E-state index contributed by atoms with van der Waals surface area (Å²) >= 11 is 7.07. The van der Waals surface area contributed by atoms with Crippen LogP contribution >= 0.6 is 31.9 Å². The Kier molecular flexibility index (Phi) is 11.1. The summed E-state index contributed by atoms with van der Waals surface area (Å²) in [4.78, 5) is 53.1. The maximum atomic E-state index is 13.8. The first-order chi connectivity index (χ1) is 24.0. The Bertz CT molecular complexity index is 1850. The number of anilines is 2. The molecule has 0 radical (unpaired) electrons. The van der Waals surface area contributed by atoms with Gasteiger partial charge in [-0.1, -0.05) is 18.2 Å². The summed E-state index contributed by atoms with van der Waals surface area (Å²) in [5.74, 6) is 0.924. The average molecular weight is 812 g/mol. The Morgan fingerprint density at radius 2 is 1.82 bits per heavy atom. The molecule has 5 amide bonds. The fourth-order valence-electron chi connectivity index (χ4n) is 6.33. The van der Waals surface area contributed by atoms with Crippen LogP contribution in [0.15, 0.2) is 63.5 Å². The Hall–Kier alpha value is -4.34. The number of halogens is 2. The van der Waals surface area contributed by atoms with Crippen LogP contribution in [0.1, 0.15) is 35.8 Å². The summed E-state index contributed by atoms with van der Waals surface area (Å²) in [7, 11) is 3.86. The number of benzene rings is 3. The number of imidazole rings is 1. The van der Waals surface area contributed by atoms with E-state index in [1.165, 1.54) is 0 Å². The normalized spacial score (nSPS) is 15.7. The fraction of sp³-hybridized carbons (Fsp3) is 0.371. The summed E-state index contributed by atoms with van der Waals surface area (Å²) in [6.07, 6.45) is 2.02. The van der Waals surface area contributed by atoms with Gasteiger partial charge in [-0.3, -0.25) is 0 Å². The van der Waals surface area contributed by atoms with Gasteiger partial charge in [-0.15, -0.1) is 0 Å². The van der Waals surface area contributed by atoms with Gasteiger partial charge in [0.25, 0.3) is 0 Å². The van der Waals surface area contributed by atoms with E-state index >= 15 is 0 Å². The van der Waals surface area contributed by atoms with Crippen LogP contribution in [0.5, 0.6) is 5.75 Å². The number of rotatable bonds is 9. The van der Waals surface area contributed by atoms with Crippen molar-refractivity contribution >= 4 is 72.4 Å². The molecular weight excluding hydrogens is 770 g/mol. The molecule has 3 heterocycles. The maximum Gasteiger partial charge on any atom is 0.412 e. The molecule has 1 aromatic heterocycles. The van der Waals surface area contributed by atoms with Crippen LogP contribution in [0.2, 0.25) is 0 Å². The summed E-state index contributed by atoms with van der Waals surface area (Å²) in [5.41, 5.74) is 11.0. The molecule has 0 saturated carbocycles. The number of carbonyl (C=O) groups is 3. The molecule has 0 unspecified atom stereocenters. The van der Waals surface area contributed by atoms with Crippen LogP contribution in [-0.2, 0) is 12.8 Å². The average Bonchev–Trinajstić information content (AvgIpc) is 3.43. The minimum atomic E-state index is -0.541. The van der Waals surface area contributed by atoms with Gasteiger partial charge in [-0.25, -0.2) is 19.4 Å². The standard InChI is InChI=1S/C35H41Br2N9O4/c1-44(2)16-12-39-35(49)50-24-7-8-28-29(20-24)41-32(40-28)30(19-21-17-25(36)31(38)26(37)18-21)43-33(47)45-13-10-23(11-14-45)46-15-9-22-5-3-4-6-27(22)42-34(46)48/h3-8,17-18,20,23,30H,9-16,19,38H2,1-2H3,(H,39,49)(H,40,41)(H,42,48)(H,43,47)/t30-/m1/s1. The topological polar surface area (TPSA) is 161 Å². The molecule has 2 aliphatic rings. The van der Waals surface area contributed by atoms with Crippen LogP contribution in [0, 0.1) is 0 Å². The zero-order valence-corrected chi connectivity index (χ0v) is 31.1. The van der Waals surface area contributed by atoms with E-state index in [2.05, 4.69) is 52.8 Å². The van der Waals surface area contributed by atoms with Crippen molar-refractivity contribution < 1.29 is 19.1 Å². The minimum Gasteiger partial charge on any atom is -0.410 e. The number of H-pyrrole nitrogens is 1. The number of fused-ring (bicyclic) bond motifs is 2. The second-order valence-corrected chi connectivity index (χ2v) is 14.6. The van der Waals surface area contributed by atoms with Crippen molar-refractivity contribution in [3.8, 4) is 5.75 Å². The lowest BCUT2D eigenvalue weighted by atomic mass is 10.0. The second-order valence-electron chi connectivity index (χ2n) is 12.8. The Morgan fingerprint density at radius 3 is 2.56 bits per heavy atom. The first-order valence-electron chi connectivity index (χ1n) is 16.6. The van der Waals surface area contributed by atoms with E-state index < -0.39 is 12.1 Å². The molecule has 15 heteroatoms. The monoisotopic (exact) mass is 809 g/mol. The van der Waals surface area contributed by atoms with Crippen molar-refractivity contribution in [1.29, 1.82) is 0 Å². The zero-order valence-electron chi connectivity index (χ0n) is 28.0. The van der Waals surface area contributed by atoms with Crippen LogP contribution in [0.3, 0.4) is 0 Å². The lowest BCUT2D eigenvalue weighted by Gasteiger charge is -2.38. The highest BCUT2D eigenvalue weighted by Gasteiger charge is 2.32. The molecule has 1 fully saturated rings. The van der Waals surface area contributed by atoms with E-state index in [4.69, 9.17) is 15.5 Å². The second kappa shape index (κ2) is 15.7. The van der Waals surface area contributed by atoms with E-state index in [1.54, 1.807) is 23.1 Å². The molecule has 2 aliphatic heterocycles. The number of hydrogen-bond donors (Lipinski definition) is 5. The number of likely N-dealkylation sites (tertiary alicyclic amines) is 1. The highest BCUT2D eigenvalue weighted by molar-refractivity contribution is 9.11. The van der Waals surface area contributed by atoms with Crippen molar-refractivity contribution in [2.45, 2.75) is 37.8 Å². The van der Waals surface area contributed by atoms with Gasteiger partial charge in [0.2, 0.25) is 0 Å². The third-order valence-electron chi connectivity index (χ3n) is 9.05. The molecule has 6 N–H and O–H groups in total. The van der Waals surface area contributed by atoms with E-state index in [0.717, 1.165) is 32.2 Å². The predicted molar refractivity (Wildman–Crippen MR) is 200 cm³/mol. The SMILES string of the molecule is CN(C)CCNC(=O)Oc1ccc2nc([C@@H](Cc3cc(Br)c(N)c(Br)c3)NC(=O)N3CCC(N4CCc5ccccc5NC4=O)CC3)[nH]c2c1. The van der Waals surface area contributed by atoms with Gasteiger partial charge in [0.1, 0.15) is 11.6 Å². The number of ether oxygens (including phenoxy) is 1. The predicted octanol–water partition coefficient (Wildman–Crippen LogP) is 5.87. The maximum absolute atomic E-state index is 13.8. The number of hydrogen-bond acceptors (Lipinski definition) is 7. The fourth-order valence-corrected chi connectivity index (χ4v) is 7.61. The van der Waals surface area contributed by atoms with Crippen molar-refractivity contribution in [1.82, 2.24) is 35.3 Å². The molecule has 264 valence electrons. The lowest BCUT2D eigenvalue weighted by Crippen LogP contribution is -2.52. The molecule has 0 aliphatic carbocycles. The number of likely N-dealkylation sites (N-methyl/N-ethyl adjacent to an activating group) is 1. The van der Waals surface area contributed by atoms with Gasteiger partial charge in [0.15, 0.2) is 0 Å². The number of aromatic nitrogens is 2. The Labute approximate surface area is 307 Å². The van der Waals surface area contributed by atoms with Crippen LogP contribution in [-0.4, -0.2) is 95.7 Å². The number of nitrogen functional groups attached to an aromatic ring is 1. The van der Waals surface area contributed by atoms with Gasteiger partial charge in [0, 0.05) is 65.9 Å². The summed E-state index contributed by atoms with van der Waals surface area (Å²) in [5, 5.41) is 9.00. The van der Waals surface area contributed by atoms with Crippen LogP contribution < -0.4 is 26.4 Å². The number of nitrogens with two attached hydrogens (primary N) is 1. The van der Waals surface area contributed by atoms with Gasteiger partial charge in [-0.2, -0.15) is 0 Å². The van der Waals surface area contributed by atoms with Crippen molar-refractivity contribution in [2.24, 2.45) is 0 Å². The molecule has 1 atom stereocenters. The molecule has 50 heavy (non-hydrogen) atoms. The smallest absolute Gasteiger partial charge is 0.410 e. The van der Waals surface area contributed by atoms with E-state index in [1.807, 2.05) is 60.3 Å². The van der Waals surface area contributed by atoms with Crippen molar-refractivity contribution in [2.75, 3.05) is 57.9 Å². The lowest BCUT2D eigenvalue weighted by molar-refractivity contribution is 0.133. The van der Waals surface area contributed by atoms with Gasteiger partial charge in [0.05, 0.1) is 22.8 Å². The molecule has 4 aromatic rings. The van der Waals surface area contributed by atoms with E-state index in [0.29, 0.717) is 80.3 Å². The summed E-state index contributed by atoms with van der Waals surface area (Å²) < 4.78 is 6.97. The van der Waals surface area contributed by atoms with Crippen LogP contribution in [0.25, 0.3) is 11.0 Å². The largest absolute Gasteiger partial charge is 0.412 e. The zero-order chi connectivity index (χ0) is 35.4. The third kappa shape index (κ3) is 8.50. The van der Waals surface area contributed by atoms with Gasteiger partial charge < -0.3 is 46.1 Å². The minimum absolute atomic E-state index is 0.0375. The Morgan fingerprint density at radius 1 is 1.08 bits per heavy atom. The molecular formula is C35H41Br2N9O4. The number of nitrogens with one attached hydrogen (secondary N) is 4.